The van der Waals surface area contributed by atoms with Crippen molar-refractivity contribution in [3.8, 4) is 46.0 Å². The highest BCUT2D eigenvalue weighted by Crippen LogP contribution is 2.49. The normalized spacial score (nSPS) is 29.3. The van der Waals surface area contributed by atoms with Gasteiger partial charge < -0.3 is 37.9 Å². The minimum absolute atomic E-state index is 0.0855. The van der Waals surface area contributed by atoms with Crippen LogP contribution in [0.15, 0.2) is 84.9 Å². The molecule has 0 aliphatic heterocycles. The number of halogens is 17. The van der Waals surface area contributed by atoms with Crippen molar-refractivity contribution < 1.29 is 137 Å². The Balaban J connectivity index is 0.000000160. The fraction of sp³-hybridized carbons (Fsp3) is 0.660. The molecule has 13 nitrogen and oxygen atoms in total. The highest BCUT2D eigenvalue weighted by molar-refractivity contribution is 5.77. The highest BCUT2D eigenvalue weighted by Gasteiger charge is 2.42. The van der Waals surface area contributed by atoms with Gasteiger partial charge >= 0.3 is 48.9 Å². The van der Waals surface area contributed by atoms with Gasteiger partial charge in [-0.2, -0.15) is 0 Å². The molecule has 10 aliphatic carbocycles. The van der Waals surface area contributed by atoms with Crippen LogP contribution in [0.1, 0.15) is 291 Å². The Labute approximate surface area is 769 Å². The Morgan fingerprint density at radius 3 is 0.684 bits per heavy atom. The number of carbonyl (C=O) groups is 5. The van der Waals surface area contributed by atoms with Crippen LogP contribution in [0.5, 0.6) is 46.0 Å². The lowest BCUT2D eigenvalue weighted by molar-refractivity contribution is -0.277. The fourth-order valence-electron chi connectivity index (χ4n) is 22.3. The zero-order chi connectivity index (χ0) is 96.0. The number of hydrogen-bond donors (Lipinski definition) is 0. The van der Waals surface area contributed by atoms with Crippen molar-refractivity contribution in [1.29, 1.82) is 0 Å². The predicted octanol–water partition coefficient (Wildman–Crippen LogP) is 29.9. The van der Waals surface area contributed by atoms with E-state index in [1.54, 1.807) is 0 Å². The van der Waals surface area contributed by atoms with Crippen LogP contribution in [0, 0.1) is 165 Å². The van der Waals surface area contributed by atoms with Crippen molar-refractivity contribution in [2.75, 3.05) is 0 Å². The van der Waals surface area contributed by atoms with Gasteiger partial charge in [0.1, 0.15) is 34.5 Å². The summed E-state index contributed by atoms with van der Waals surface area (Å²) >= 11 is 0. The summed E-state index contributed by atoms with van der Waals surface area (Å²) in [7, 11) is 0. The van der Waals surface area contributed by atoms with Crippen molar-refractivity contribution >= 4 is 29.8 Å². The van der Waals surface area contributed by atoms with E-state index in [1.165, 1.54) is 147 Å². The van der Waals surface area contributed by atoms with Crippen LogP contribution in [-0.2, 0) is 24.0 Å². The van der Waals surface area contributed by atoms with Gasteiger partial charge in [0, 0.05) is 36.4 Å². The fourth-order valence-corrected chi connectivity index (χ4v) is 22.3. The number of hydrogen-bond acceptors (Lipinski definition) is 13. The molecule has 15 rings (SSSR count). The maximum absolute atomic E-state index is 13.8. The molecule has 0 amide bonds. The Morgan fingerprint density at radius 1 is 0.218 bits per heavy atom. The van der Waals surface area contributed by atoms with Gasteiger partial charge in [-0.05, 0) is 330 Å². The molecule has 0 radical (unpaired) electrons. The summed E-state index contributed by atoms with van der Waals surface area (Å²) in [6.45, 7) is 11.5. The first-order valence-electron chi connectivity index (χ1n) is 48.4. The summed E-state index contributed by atoms with van der Waals surface area (Å²) in [5.41, 5.74) is 0. The van der Waals surface area contributed by atoms with Crippen molar-refractivity contribution in [2.24, 2.45) is 118 Å². The van der Waals surface area contributed by atoms with Crippen LogP contribution in [0.2, 0.25) is 0 Å². The van der Waals surface area contributed by atoms with E-state index in [2.05, 4.69) is 48.8 Å². The average Bonchev–Trinajstić information content (AvgIpc) is 0.817. The maximum Gasteiger partial charge on any atom is 0.573 e. The first-order valence-corrected chi connectivity index (χ1v) is 48.4. The van der Waals surface area contributed by atoms with Crippen molar-refractivity contribution in [2.45, 2.75) is 311 Å². The van der Waals surface area contributed by atoms with Crippen molar-refractivity contribution in [3.63, 3.8) is 0 Å². The van der Waals surface area contributed by atoms with Gasteiger partial charge in [0.15, 0.2) is 52.3 Å². The summed E-state index contributed by atoms with van der Waals surface area (Å²) in [4.78, 5) is 61.6. The lowest BCUT2D eigenvalue weighted by Crippen LogP contribution is -2.30. The van der Waals surface area contributed by atoms with Gasteiger partial charge in [-0.1, -0.05) is 98.8 Å². The van der Waals surface area contributed by atoms with E-state index in [-0.39, 0.29) is 70.3 Å². The second kappa shape index (κ2) is 49.1. The number of alkyl halides is 9. The molecule has 5 aromatic rings. The minimum Gasteiger partial charge on any atom is -0.426 e. The number of ether oxygens (including phenoxy) is 8. The monoisotopic (exact) mass is 1900 g/mol. The molecule has 30 heteroatoms. The van der Waals surface area contributed by atoms with E-state index in [0.29, 0.717) is 60.8 Å². The smallest absolute Gasteiger partial charge is 0.426 e. The molecule has 5 aromatic carbocycles. The number of carbonyl (C=O) groups excluding carboxylic acids is 5. The lowest BCUT2D eigenvalue weighted by atomic mass is 9.69. The molecule has 0 heterocycles. The first-order chi connectivity index (χ1) is 63.1. The zero-order valence-electron chi connectivity index (χ0n) is 76.6. The first kappa shape index (κ1) is 105. The molecule has 10 fully saturated rings. The van der Waals surface area contributed by atoms with Crippen LogP contribution in [0.25, 0.3) is 0 Å². The van der Waals surface area contributed by atoms with E-state index in [1.807, 2.05) is 0 Å². The molecule has 0 N–H and O–H groups in total. The topological polar surface area (TPSA) is 159 Å². The van der Waals surface area contributed by atoms with E-state index in [9.17, 15) is 98.6 Å². The highest BCUT2D eigenvalue weighted by atomic mass is 19.4. The Morgan fingerprint density at radius 2 is 0.429 bits per heavy atom. The number of rotatable bonds is 18. The molecule has 0 spiro atoms. The zero-order valence-corrected chi connectivity index (χ0v) is 76.6. The third kappa shape index (κ3) is 33.2. The number of benzene rings is 5. The predicted molar refractivity (Wildman–Crippen MR) is 463 cm³/mol. The van der Waals surface area contributed by atoms with Gasteiger partial charge in [0.2, 0.25) is 5.75 Å². The molecule has 0 bridgehead atoms. The Kier molecular flexibility index (Phi) is 38.8. The van der Waals surface area contributed by atoms with Gasteiger partial charge in [-0.3, -0.25) is 24.0 Å². The third-order valence-corrected chi connectivity index (χ3v) is 30.5. The van der Waals surface area contributed by atoms with Crippen LogP contribution in [0.4, 0.5) is 74.6 Å². The Hall–Kier alpha value is -8.34. The van der Waals surface area contributed by atoms with Crippen molar-refractivity contribution in [3.05, 3.63) is 131 Å². The second-order valence-corrected chi connectivity index (χ2v) is 40.0. The second-order valence-electron chi connectivity index (χ2n) is 40.0. The van der Waals surface area contributed by atoms with E-state index in [4.69, 9.17) is 23.7 Å². The van der Waals surface area contributed by atoms with Gasteiger partial charge in [-0.25, -0.2) is 35.1 Å². The summed E-state index contributed by atoms with van der Waals surface area (Å²) in [5, 5.41) is 0. The molecule has 133 heavy (non-hydrogen) atoms. The van der Waals surface area contributed by atoms with E-state index < -0.39 is 101 Å². The summed E-state index contributed by atoms with van der Waals surface area (Å²) < 4.78 is 253. The quantitative estimate of drug-likeness (QED) is 0.0353. The molecule has 10 aliphatic rings. The van der Waals surface area contributed by atoms with Crippen molar-refractivity contribution in [1.82, 2.24) is 0 Å². The average molecular weight is 1900 g/mol. The van der Waals surface area contributed by atoms with Gasteiger partial charge in [-0.15, -0.1) is 39.5 Å². The summed E-state index contributed by atoms with van der Waals surface area (Å²) in [6, 6.07) is 13.3. The maximum atomic E-state index is 13.8. The molecule has 0 unspecified atom stereocenters. The molecule has 0 aromatic heterocycles. The third-order valence-electron chi connectivity index (χ3n) is 30.5. The molecular formula is C103H129F17O13. The van der Waals surface area contributed by atoms with Crippen LogP contribution >= 0.6 is 0 Å². The summed E-state index contributed by atoms with van der Waals surface area (Å²) in [6.07, 6.45) is 28.7. The molecular weight excluding hydrogens is 1770 g/mol. The lowest BCUT2D eigenvalue weighted by Gasteiger charge is -2.36. The largest absolute Gasteiger partial charge is 0.573 e. The summed E-state index contributed by atoms with van der Waals surface area (Å²) in [5.74, 6) is -5.73. The molecule has 0 saturated heterocycles. The van der Waals surface area contributed by atoms with Gasteiger partial charge in [0.25, 0.3) is 0 Å². The Bertz CT molecular complexity index is 4450. The van der Waals surface area contributed by atoms with E-state index in [0.717, 1.165) is 223 Å². The molecule has 738 valence electrons. The van der Waals surface area contributed by atoms with Gasteiger partial charge in [0.05, 0.1) is 29.6 Å². The van der Waals surface area contributed by atoms with Crippen LogP contribution in [0.3, 0.4) is 0 Å². The van der Waals surface area contributed by atoms with E-state index >= 15 is 0 Å². The number of esters is 5. The van der Waals surface area contributed by atoms with Crippen LogP contribution < -0.4 is 37.9 Å². The van der Waals surface area contributed by atoms with Crippen LogP contribution in [-0.4, -0.2) is 48.9 Å². The standard InChI is InChI=1S/C21H25F5O3.C21H26F4O3.C21H27F3O3.C20H25F3O2.C20H26F2O2/c1-12-2-4-13(5-3-12)14-6-8-15(9-7-14)20(27)28-16-10-17(22)19(18(23)11-16)29-21(24,25)26;1-13-2-4-14(5-3-13)15-6-8-16(9-7-15)20(26)27-17-10-11-19(18(22)12-17)28-21(23,24)25;1-14-2-4-15(5-3-14)16-6-8-17(9-7-16)20(25)26-18-10-12-19(13-11-18)27-21(22,23)24;1-12-2-4-13(5-3-12)14-6-8-15(9-7-14)20(24)25-16-10-17(21)19(23)18(22)11-16;1-13-2-4-14(5-3-13)15-6-8-16(9-7-15)20(23)24-17-10-11-18(21)19(22)12-17/h10-15H,2-9H2,1H3;10-16H,2-9H2,1H3;10-17H,2-9H2,1H3;10-15H,2-9H2,1H3;10-16H,2-9H2,1H3. The minimum atomic E-state index is -5.23. The SMILES string of the molecule is CC1CCC(C2CCC(C(=O)Oc3cc(F)c(F)c(F)c3)CC2)CC1.CC1CCC(C2CCC(C(=O)Oc3cc(F)c(OC(F)(F)F)c(F)c3)CC2)CC1.CC1CCC(C2CCC(C(=O)Oc3ccc(F)c(F)c3)CC2)CC1.CC1CCC(C2CCC(C(=O)Oc3ccc(OC(F)(F)F)c(F)c3)CC2)CC1.CC1CCC(C2CCC(C(=O)Oc3ccc(OC(F)(F)F)cc3)CC2)CC1. The molecule has 0 atom stereocenters. The molecule has 10 saturated carbocycles.